The van der Waals surface area contributed by atoms with E-state index in [1.165, 1.54) is 6.33 Å². The Hall–Kier alpha value is -0.900. The van der Waals surface area contributed by atoms with E-state index in [0.29, 0.717) is 0 Å². The second-order valence-corrected chi connectivity index (χ2v) is 3.49. The maximum atomic E-state index is 9.51. The zero-order valence-corrected chi connectivity index (χ0v) is 6.98. The lowest BCUT2D eigenvalue weighted by Crippen LogP contribution is -2.08. The fourth-order valence-electron chi connectivity index (χ4n) is 1.31. The Balaban J connectivity index is 1.69. The van der Waals surface area contributed by atoms with Gasteiger partial charge in [0.1, 0.15) is 12.7 Å². The Morgan fingerprint density at radius 2 is 2.33 bits per heavy atom. The molecule has 4 heteroatoms. The van der Waals surface area contributed by atoms with E-state index >= 15 is 0 Å². The summed E-state index contributed by atoms with van der Waals surface area (Å²) in [6, 6.07) is 0. The van der Waals surface area contributed by atoms with Gasteiger partial charge in [0, 0.05) is 6.54 Å². The van der Waals surface area contributed by atoms with E-state index in [1.807, 2.05) is 0 Å². The number of nitrogens with zero attached hydrogens (tertiary/aromatic N) is 3. The average Bonchev–Trinajstić information content (AvgIpc) is 2.61. The molecule has 0 amide bonds. The molecule has 1 fully saturated rings. The van der Waals surface area contributed by atoms with Gasteiger partial charge in [-0.1, -0.05) is 0 Å². The van der Waals surface area contributed by atoms with Crippen LogP contribution in [-0.4, -0.2) is 25.5 Å². The van der Waals surface area contributed by atoms with Crippen LogP contribution in [0.2, 0.25) is 0 Å². The van der Waals surface area contributed by atoms with Crippen LogP contribution in [0, 0.1) is 0 Å². The van der Waals surface area contributed by atoms with Crippen molar-refractivity contribution in [3.05, 3.63) is 12.7 Å². The highest BCUT2D eigenvalue weighted by Crippen LogP contribution is 2.39. The molecule has 0 atom stereocenters. The summed E-state index contributed by atoms with van der Waals surface area (Å²) >= 11 is 0. The van der Waals surface area contributed by atoms with Crippen molar-refractivity contribution in [2.45, 2.75) is 37.8 Å². The maximum absolute atomic E-state index is 9.51. The molecule has 1 N–H and O–H groups in total. The van der Waals surface area contributed by atoms with E-state index in [-0.39, 0.29) is 5.60 Å². The molecule has 12 heavy (non-hydrogen) atoms. The number of aryl methyl sites for hydroxylation is 1. The highest BCUT2D eigenvalue weighted by molar-refractivity contribution is 4.92. The monoisotopic (exact) mass is 167 g/mol. The minimum absolute atomic E-state index is 0.319. The maximum Gasteiger partial charge on any atom is 0.137 e. The van der Waals surface area contributed by atoms with Crippen molar-refractivity contribution < 1.29 is 5.11 Å². The molecular weight excluding hydrogens is 154 g/mol. The van der Waals surface area contributed by atoms with Gasteiger partial charge < -0.3 is 5.11 Å². The molecule has 1 aromatic rings. The number of aliphatic hydroxyl groups is 1. The Morgan fingerprint density at radius 3 is 2.92 bits per heavy atom. The van der Waals surface area contributed by atoms with Gasteiger partial charge in [-0.2, -0.15) is 5.10 Å². The molecule has 0 unspecified atom stereocenters. The van der Waals surface area contributed by atoms with Gasteiger partial charge in [0.25, 0.3) is 0 Å². The van der Waals surface area contributed by atoms with Crippen molar-refractivity contribution in [2.75, 3.05) is 0 Å². The molecule has 0 spiro atoms. The summed E-state index contributed by atoms with van der Waals surface area (Å²) in [5.41, 5.74) is -0.319. The molecular formula is C8H13N3O. The number of hydrogen-bond donors (Lipinski definition) is 1. The zero-order chi connectivity index (χ0) is 8.44. The highest BCUT2D eigenvalue weighted by atomic mass is 16.3. The number of rotatable bonds is 4. The fraction of sp³-hybridized carbons (Fsp3) is 0.750. The van der Waals surface area contributed by atoms with Gasteiger partial charge >= 0.3 is 0 Å². The molecule has 1 aromatic heterocycles. The van der Waals surface area contributed by atoms with E-state index in [1.54, 1.807) is 11.0 Å². The quantitative estimate of drug-likeness (QED) is 0.713. The van der Waals surface area contributed by atoms with Gasteiger partial charge in [0.2, 0.25) is 0 Å². The second kappa shape index (κ2) is 2.86. The summed E-state index contributed by atoms with van der Waals surface area (Å²) in [5.74, 6) is 0. The van der Waals surface area contributed by atoms with E-state index in [0.717, 1.165) is 32.2 Å². The van der Waals surface area contributed by atoms with Crippen LogP contribution in [0.25, 0.3) is 0 Å². The van der Waals surface area contributed by atoms with Crippen molar-refractivity contribution in [3.8, 4) is 0 Å². The summed E-state index contributed by atoms with van der Waals surface area (Å²) in [6.45, 7) is 0.863. The summed E-state index contributed by atoms with van der Waals surface area (Å²) in [6.07, 6.45) is 7.07. The predicted octanol–water partition coefficient (Wildman–Crippen LogP) is 0.583. The molecule has 1 heterocycles. The Labute approximate surface area is 71.2 Å². The minimum atomic E-state index is -0.319. The van der Waals surface area contributed by atoms with Crippen molar-refractivity contribution in [1.82, 2.24) is 14.8 Å². The SMILES string of the molecule is OC1(CCCn2cncn2)CC1. The lowest BCUT2D eigenvalue weighted by Gasteiger charge is -2.05. The summed E-state index contributed by atoms with van der Waals surface area (Å²) in [5, 5.41) is 13.5. The van der Waals surface area contributed by atoms with Crippen molar-refractivity contribution >= 4 is 0 Å². The molecule has 66 valence electrons. The molecule has 4 nitrogen and oxygen atoms in total. The van der Waals surface area contributed by atoms with Gasteiger partial charge in [-0.05, 0) is 25.7 Å². The van der Waals surface area contributed by atoms with E-state index in [4.69, 9.17) is 0 Å². The third-order valence-corrected chi connectivity index (χ3v) is 2.32. The standard InChI is InChI=1S/C8H13N3O/c12-8(3-4-8)2-1-5-11-7-9-6-10-11/h6-7,12H,1-5H2. The molecule has 1 aliphatic rings. The average molecular weight is 167 g/mol. The lowest BCUT2D eigenvalue weighted by molar-refractivity contribution is 0.135. The molecule has 1 aliphatic carbocycles. The molecule has 0 aliphatic heterocycles. The van der Waals surface area contributed by atoms with Crippen LogP contribution < -0.4 is 0 Å². The van der Waals surface area contributed by atoms with Crippen molar-refractivity contribution in [2.24, 2.45) is 0 Å². The first kappa shape index (κ1) is 7.73. The predicted molar refractivity (Wildman–Crippen MR) is 43.4 cm³/mol. The first-order valence-electron chi connectivity index (χ1n) is 4.33. The Kier molecular flexibility index (Phi) is 1.84. The van der Waals surface area contributed by atoms with E-state index in [2.05, 4.69) is 10.1 Å². The van der Waals surface area contributed by atoms with Gasteiger partial charge in [0.05, 0.1) is 5.60 Å². The van der Waals surface area contributed by atoms with E-state index < -0.39 is 0 Å². The highest BCUT2D eigenvalue weighted by Gasteiger charge is 2.39. The molecule has 0 radical (unpaired) electrons. The molecule has 0 saturated heterocycles. The molecule has 0 aromatic carbocycles. The van der Waals surface area contributed by atoms with Crippen LogP contribution in [0.1, 0.15) is 25.7 Å². The summed E-state index contributed by atoms with van der Waals surface area (Å²) in [4.78, 5) is 3.84. The van der Waals surface area contributed by atoms with Crippen LogP contribution in [-0.2, 0) is 6.54 Å². The summed E-state index contributed by atoms with van der Waals surface area (Å²) in [7, 11) is 0. The first-order valence-corrected chi connectivity index (χ1v) is 4.33. The molecule has 2 rings (SSSR count). The van der Waals surface area contributed by atoms with Crippen LogP contribution >= 0.6 is 0 Å². The largest absolute Gasteiger partial charge is 0.390 e. The lowest BCUT2D eigenvalue weighted by atomic mass is 10.2. The second-order valence-electron chi connectivity index (χ2n) is 3.49. The van der Waals surface area contributed by atoms with Gasteiger partial charge in [0.15, 0.2) is 0 Å². The van der Waals surface area contributed by atoms with Gasteiger partial charge in [-0.3, -0.25) is 4.68 Å². The number of hydrogen-bond acceptors (Lipinski definition) is 3. The third-order valence-electron chi connectivity index (χ3n) is 2.32. The number of aromatic nitrogens is 3. The zero-order valence-electron chi connectivity index (χ0n) is 6.98. The smallest absolute Gasteiger partial charge is 0.137 e. The first-order chi connectivity index (χ1) is 5.79. The van der Waals surface area contributed by atoms with Crippen LogP contribution in [0.5, 0.6) is 0 Å². The molecule has 0 bridgehead atoms. The van der Waals surface area contributed by atoms with Crippen molar-refractivity contribution in [1.29, 1.82) is 0 Å². The van der Waals surface area contributed by atoms with E-state index in [9.17, 15) is 5.11 Å². The minimum Gasteiger partial charge on any atom is -0.390 e. The van der Waals surface area contributed by atoms with Crippen LogP contribution in [0.3, 0.4) is 0 Å². The van der Waals surface area contributed by atoms with Gasteiger partial charge in [-0.25, -0.2) is 4.98 Å². The van der Waals surface area contributed by atoms with Gasteiger partial charge in [-0.15, -0.1) is 0 Å². The fourth-order valence-corrected chi connectivity index (χ4v) is 1.31. The summed E-state index contributed by atoms with van der Waals surface area (Å²) < 4.78 is 1.80. The molecule has 1 saturated carbocycles. The topological polar surface area (TPSA) is 50.9 Å². The normalized spacial score (nSPS) is 19.4. The Morgan fingerprint density at radius 1 is 1.50 bits per heavy atom. The van der Waals surface area contributed by atoms with Crippen LogP contribution in [0.4, 0.5) is 0 Å². The van der Waals surface area contributed by atoms with Crippen LogP contribution in [0.15, 0.2) is 12.7 Å². The third kappa shape index (κ3) is 1.82. The van der Waals surface area contributed by atoms with Crippen molar-refractivity contribution in [3.63, 3.8) is 0 Å². The Bertz CT molecular complexity index is 241.